The number of carbonyl (C=O) groups excluding carboxylic acids is 3. The third-order valence-corrected chi connectivity index (χ3v) is 3.92. The van der Waals surface area contributed by atoms with Crippen LogP contribution in [-0.2, 0) is 4.79 Å². The molecule has 0 aromatic heterocycles. The van der Waals surface area contributed by atoms with Crippen LogP contribution in [0.2, 0.25) is 0 Å². The molecule has 0 saturated carbocycles. The number of rotatable bonds is 4. The monoisotopic (exact) mass is 357 g/mol. The molecule has 0 saturated heterocycles. The van der Waals surface area contributed by atoms with Crippen molar-refractivity contribution in [3.8, 4) is 0 Å². The Morgan fingerprint density at radius 3 is 2.50 bits per heavy atom. The average molecular weight is 357 g/mol. The number of carbonyl (C=O) groups is 3. The lowest BCUT2D eigenvalue weighted by atomic mass is 10.1. The lowest BCUT2D eigenvalue weighted by Crippen LogP contribution is -2.37. The van der Waals surface area contributed by atoms with E-state index in [1.54, 1.807) is 6.92 Å². The fourth-order valence-electron chi connectivity index (χ4n) is 2.55. The molecule has 0 unspecified atom stereocenters. The second kappa shape index (κ2) is 6.36. The van der Waals surface area contributed by atoms with Crippen molar-refractivity contribution in [3.05, 3.63) is 69.0 Å². The van der Waals surface area contributed by atoms with Gasteiger partial charge in [0.2, 0.25) is 5.91 Å². The maximum absolute atomic E-state index is 13.5. The number of hydrogen-bond donors (Lipinski definition) is 1. The van der Waals surface area contributed by atoms with Crippen LogP contribution in [0, 0.1) is 22.9 Å². The third-order valence-electron chi connectivity index (χ3n) is 3.92. The highest BCUT2D eigenvalue weighted by Gasteiger charge is 2.37. The maximum atomic E-state index is 13.5. The number of halogens is 1. The van der Waals surface area contributed by atoms with Crippen LogP contribution in [0.4, 0.5) is 15.8 Å². The van der Waals surface area contributed by atoms with Crippen LogP contribution in [0.1, 0.15) is 26.3 Å². The molecule has 0 radical (unpaired) electrons. The van der Waals surface area contributed by atoms with E-state index in [4.69, 9.17) is 0 Å². The lowest BCUT2D eigenvalue weighted by molar-refractivity contribution is -0.384. The summed E-state index contributed by atoms with van der Waals surface area (Å²) in [4.78, 5) is 47.5. The number of nitro benzene ring substituents is 1. The van der Waals surface area contributed by atoms with Gasteiger partial charge in [-0.25, -0.2) is 4.39 Å². The number of nitrogens with one attached hydrogen (secondary N) is 1. The van der Waals surface area contributed by atoms with E-state index in [2.05, 4.69) is 5.32 Å². The molecular formula is C17H12FN3O5. The molecule has 1 heterocycles. The van der Waals surface area contributed by atoms with Gasteiger partial charge in [-0.3, -0.25) is 29.4 Å². The zero-order valence-corrected chi connectivity index (χ0v) is 13.5. The molecule has 2 aromatic rings. The van der Waals surface area contributed by atoms with Gasteiger partial charge in [0.05, 0.1) is 16.1 Å². The molecule has 0 bridgehead atoms. The van der Waals surface area contributed by atoms with E-state index in [9.17, 15) is 28.9 Å². The van der Waals surface area contributed by atoms with E-state index in [1.165, 1.54) is 18.2 Å². The molecule has 0 atom stereocenters. The van der Waals surface area contributed by atoms with Crippen molar-refractivity contribution >= 4 is 29.1 Å². The van der Waals surface area contributed by atoms with Crippen molar-refractivity contribution in [2.24, 2.45) is 0 Å². The zero-order valence-electron chi connectivity index (χ0n) is 13.5. The first-order valence-corrected chi connectivity index (χ1v) is 7.48. The minimum Gasteiger partial charge on any atom is -0.324 e. The predicted molar refractivity (Wildman–Crippen MR) is 88.2 cm³/mol. The number of benzene rings is 2. The normalized spacial score (nSPS) is 12.9. The molecule has 3 amide bonds. The highest BCUT2D eigenvalue weighted by molar-refractivity contribution is 6.23. The number of anilines is 1. The van der Waals surface area contributed by atoms with Crippen LogP contribution in [0.3, 0.4) is 0 Å². The number of non-ortho nitro benzene ring substituents is 1. The van der Waals surface area contributed by atoms with Crippen molar-refractivity contribution in [1.29, 1.82) is 0 Å². The Hall–Kier alpha value is -3.62. The number of imide groups is 1. The molecule has 26 heavy (non-hydrogen) atoms. The van der Waals surface area contributed by atoms with E-state index < -0.39 is 35.0 Å². The second-order valence-corrected chi connectivity index (χ2v) is 5.70. The Bertz CT molecular complexity index is 973. The molecule has 132 valence electrons. The summed E-state index contributed by atoms with van der Waals surface area (Å²) in [5.41, 5.74) is 0.134. The van der Waals surface area contributed by atoms with E-state index >= 15 is 0 Å². The van der Waals surface area contributed by atoms with Gasteiger partial charge in [-0.05, 0) is 30.7 Å². The van der Waals surface area contributed by atoms with Gasteiger partial charge in [0.1, 0.15) is 12.4 Å². The number of nitrogens with zero attached hydrogens (tertiary/aromatic N) is 2. The van der Waals surface area contributed by atoms with Gasteiger partial charge in [-0.2, -0.15) is 0 Å². The summed E-state index contributed by atoms with van der Waals surface area (Å²) in [5, 5.41) is 13.2. The number of amides is 3. The lowest BCUT2D eigenvalue weighted by Gasteiger charge is -2.13. The van der Waals surface area contributed by atoms with Gasteiger partial charge in [-0.15, -0.1) is 0 Å². The summed E-state index contributed by atoms with van der Waals surface area (Å²) in [6.45, 7) is 0.981. The Labute approximate surface area is 146 Å². The topological polar surface area (TPSA) is 110 Å². The minimum absolute atomic E-state index is 0.00483. The third kappa shape index (κ3) is 3.02. The molecule has 1 aliphatic heterocycles. The molecule has 3 rings (SSSR count). The smallest absolute Gasteiger partial charge is 0.270 e. The van der Waals surface area contributed by atoms with Gasteiger partial charge in [0.15, 0.2) is 0 Å². The Balaban J connectivity index is 1.76. The van der Waals surface area contributed by atoms with Crippen LogP contribution in [0.15, 0.2) is 36.4 Å². The number of nitro groups is 1. The fourth-order valence-corrected chi connectivity index (χ4v) is 2.55. The number of hydrogen-bond acceptors (Lipinski definition) is 5. The van der Waals surface area contributed by atoms with Crippen molar-refractivity contribution in [1.82, 2.24) is 4.90 Å². The molecule has 0 spiro atoms. The first-order chi connectivity index (χ1) is 12.3. The van der Waals surface area contributed by atoms with E-state index in [0.717, 1.165) is 18.2 Å². The van der Waals surface area contributed by atoms with Gasteiger partial charge in [0.25, 0.3) is 17.5 Å². The summed E-state index contributed by atoms with van der Waals surface area (Å²) < 4.78 is 13.5. The van der Waals surface area contributed by atoms with Crippen LogP contribution < -0.4 is 5.32 Å². The van der Waals surface area contributed by atoms with Crippen molar-refractivity contribution in [2.45, 2.75) is 6.92 Å². The highest BCUT2D eigenvalue weighted by atomic mass is 19.1. The van der Waals surface area contributed by atoms with Crippen molar-refractivity contribution in [3.63, 3.8) is 0 Å². The molecule has 0 aliphatic carbocycles. The summed E-state index contributed by atoms with van der Waals surface area (Å²) in [6.07, 6.45) is 0. The standard InChI is InChI=1S/C17H12FN3O5/c1-9-2-3-10(6-14(9)18)19-15(22)8-20-16(23)12-5-4-11(21(25)26)7-13(12)17(20)24/h2-7H,8H2,1H3,(H,19,22). The summed E-state index contributed by atoms with van der Waals surface area (Å²) in [5.74, 6) is -2.71. The fraction of sp³-hybridized carbons (Fsp3) is 0.118. The number of fused-ring (bicyclic) bond motifs is 1. The van der Waals surface area contributed by atoms with Gasteiger partial charge in [-0.1, -0.05) is 6.07 Å². The Kier molecular flexibility index (Phi) is 4.21. The molecule has 1 aliphatic rings. The molecule has 1 N–H and O–H groups in total. The van der Waals surface area contributed by atoms with Crippen molar-refractivity contribution < 1.29 is 23.7 Å². The van der Waals surface area contributed by atoms with Crippen LogP contribution in [-0.4, -0.2) is 34.1 Å². The second-order valence-electron chi connectivity index (χ2n) is 5.70. The zero-order chi connectivity index (χ0) is 19.0. The van der Waals surface area contributed by atoms with E-state index in [1.807, 2.05) is 0 Å². The SMILES string of the molecule is Cc1ccc(NC(=O)CN2C(=O)c3ccc([N+](=O)[O-])cc3C2=O)cc1F. The minimum atomic E-state index is -0.793. The van der Waals surface area contributed by atoms with Gasteiger partial charge in [0, 0.05) is 17.8 Å². The number of aryl methyl sites for hydroxylation is 1. The van der Waals surface area contributed by atoms with Crippen LogP contribution >= 0.6 is 0 Å². The van der Waals surface area contributed by atoms with Gasteiger partial charge < -0.3 is 5.32 Å². The summed E-state index contributed by atoms with van der Waals surface area (Å²) >= 11 is 0. The maximum Gasteiger partial charge on any atom is 0.270 e. The Morgan fingerprint density at radius 1 is 1.15 bits per heavy atom. The molecule has 2 aromatic carbocycles. The van der Waals surface area contributed by atoms with Crippen LogP contribution in [0.25, 0.3) is 0 Å². The van der Waals surface area contributed by atoms with Gasteiger partial charge >= 0.3 is 0 Å². The summed E-state index contributed by atoms with van der Waals surface area (Å²) in [7, 11) is 0. The highest BCUT2D eigenvalue weighted by Crippen LogP contribution is 2.26. The Morgan fingerprint density at radius 2 is 1.85 bits per heavy atom. The molecule has 8 nitrogen and oxygen atoms in total. The quantitative estimate of drug-likeness (QED) is 0.513. The average Bonchev–Trinajstić information content (AvgIpc) is 2.82. The first-order valence-electron chi connectivity index (χ1n) is 7.48. The predicted octanol–water partition coefficient (Wildman–Crippen LogP) is 2.28. The molecular weight excluding hydrogens is 345 g/mol. The van der Waals surface area contributed by atoms with E-state index in [-0.39, 0.29) is 22.5 Å². The largest absolute Gasteiger partial charge is 0.324 e. The van der Waals surface area contributed by atoms with Crippen molar-refractivity contribution in [2.75, 3.05) is 11.9 Å². The van der Waals surface area contributed by atoms with E-state index in [0.29, 0.717) is 10.5 Å². The molecule has 0 fully saturated rings. The summed E-state index contributed by atoms with van der Waals surface area (Å²) in [6, 6.07) is 7.39. The van der Waals surface area contributed by atoms with Crippen LogP contribution in [0.5, 0.6) is 0 Å². The molecule has 9 heteroatoms. The first kappa shape index (κ1) is 17.2.